The molecule has 0 saturated carbocycles. The molecule has 0 aliphatic heterocycles. The van der Waals surface area contributed by atoms with Crippen LogP contribution in [0.5, 0.6) is 0 Å². The maximum Gasteiger partial charge on any atom is 0.257 e. The van der Waals surface area contributed by atoms with Gasteiger partial charge in [0.25, 0.3) is 6.43 Å². The molecule has 0 unspecified atom stereocenters. The number of allylic oxidation sites excluding steroid dienone is 1. The molecule has 0 N–H and O–H groups in total. The minimum atomic E-state index is -2.40. The van der Waals surface area contributed by atoms with Gasteiger partial charge in [0.05, 0.1) is 0 Å². The number of aryl methyl sites for hydroxylation is 1. The van der Waals surface area contributed by atoms with Crippen molar-refractivity contribution in [3.63, 3.8) is 0 Å². The van der Waals surface area contributed by atoms with Gasteiger partial charge in [-0.3, -0.25) is 0 Å². The number of benzene rings is 2. The van der Waals surface area contributed by atoms with Crippen LogP contribution in [0.3, 0.4) is 0 Å². The van der Waals surface area contributed by atoms with E-state index in [0.29, 0.717) is 0 Å². The summed E-state index contributed by atoms with van der Waals surface area (Å²) in [7, 11) is 0. The minimum Gasteiger partial charge on any atom is -0.206 e. The summed E-state index contributed by atoms with van der Waals surface area (Å²) in [6.45, 7) is 2.06. The van der Waals surface area contributed by atoms with Gasteiger partial charge in [0.2, 0.25) is 0 Å². The lowest BCUT2D eigenvalue weighted by Crippen LogP contribution is -1.83. The quantitative estimate of drug-likeness (QED) is 0.717. The van der Waals surface area contributed by atoms with E-state index in [-0.39, 0.29) is 0 Å². The Morgan fingerprint density at radius 1 is 0.944 bits per heavy atom. The average molecular weight is 244 g/mol. The lowest BCUT2D eigenvalue weighted by Gasteiger charge is -2.05. The van der Waals surface area contributed by atoms with E-state index in [2.05, 4.69) is 19.1 Å². The van der Waals surface area contributed by atoms with Crippen LogP contribution in [0, 0.1) is 6.92 Å². The Morgan fingerprint density at radius 3 is 2.22 bits per heavy atom. The maximum atomic E-state index is 12.0. The second-order valence-electron chi connectivity index (χ2n) is 4.13. The van der Waals surface area contributed by atoms with Crippen LogP contribution in [0.2, 0.25) is 0 Å². The Balaban J connectivity index is 2.25. The molecule has 0 spiro atoms. The fraction of sp³-hybridized carbons (Fsp3) is 0.125. The first-order chi connectivity index (χ1) is 8.66. The third kappa shape index (κ3) is 3.04. The molecule has 0 atom stereocenters. The van der Waals surface area contributed by atoms with Crippen molar-refractivity contribution in [2.75, 3.05) is 0 Å². The summed E-state index contributed by atoms with van der Waals surface area (Å²) in [5.74, 6) is 0. The fourth-order valence-corrected chi connectivity index (χ4v) is 1.85. The largest absolute Gasteiger partial charge is 0.257 e. The number of alkyl halides is 2. The van der Waals surface area contributed by atoms with Crippen molar-refractivity contribution < 1.29 is 8.78 Å². The Labute approximate surface area is 106 Å². The zero-order chi connectivity index (χ0) is 13.0. The molecule has 2 heteroatoms. The molecule has 0 amide bonds. The molecule has 0 fully saturated rings. The Bertz CT molecular complexity index is 539. The highest BCUT2D eigenvalue weighted by atomic mass is 19.3. The van der Waals surface area contributed by atoms with E-state index >= 15 is 0 Å². The molecule has 2 rings (SSSR count). The highest BCUT2D eigenvalue weighted by Crippen LogP contribution is 2.23. The van der Waals surface area contributed by atoms with Gasteiger partial charge in [-0.05, 0) is 35.3 Å². The molecular formula is C16H14F2. The van der Waals surface area contributed by atoms with Crippen LogP contribution in [-0.4, -0.2) is 6.43 Å². The average Bonchev–Trinajstić information content (AvgIpc) is 2.38. The van der Waals surface area contributed by atoms with E-state index in [9.17, 15) is 8.78 Å². The summed E-state index contributed by atoms with van der Waals surface area (Å²) < 4.78 is 24.1. The van der Waals surface area contributed by atoms with Crippen molar-refractivity contribution in [2.24, 2.45) is 0 Å². The maximum absolute atomic E-state index is 12.0. The van der Waals surface area contributed by atoms with Crippen molar-refractivity contribution in [2.45, 2.75) is 13.3 Å². The molecule has 0 bridgehead atoms. The molecule has 0 aromatic heterocycles. The van der Waals surface area contributed by atoms with E-state index < -0.39 is 6.43 Å². The van der Waals surface area contributed by atoms with Crippen LogP contribution < -0.4 is 0 Å². The highest BCUT2D eigenvalue weighted by Gasteiger charge is 2.00. The molecule has 0 heterocycles. The molecule has 0 aliphatic rings. The van der Waals surface area contributed by atoms with E-state index in [0.717, 1.165) is 17.2 Å². The first-order valence-corrected chi connectivity index (χ1v) is 5.79. The normalized spacial score (nSPS) is 11.3. The zero-order valence-corrected chi connectivity index (χ0v) is 10.1. The summed E-state index contributed by atoms with van der Waals surface area (Å²) in [4.78, 5) is 0. The van der Waals surface area contributed by atoms with Gasteiger partial charge < -0.3 is 0 Å². The minimum absolute atomic E-state index is 0.785. The van der Waals surface area contributed by atoms with Crippen molar-refractivity contribution >= 4 is 6.08 Å². The lowest BCUT2D eigenvalue weighted by atomic mass is 9.99. The molecule has 0 nitrogen and oxygen atoms in total. The summed E-state index contributed by atoms with van der Waals surface area (Å²) in [6.07, 6.45) is -0.0734. The van der Waals surface area contributed by atoms with Crippen molar-refractivity contribution in [1.29, 1.82) is 0 Å². The van der Waals surface area contributed by atoms with Crippen molar-refractivity contribution in [1.82, 2.24) is 0 Å². The number of hydrogen-bond acceptors (Lipinski definition) is 0. The van der Waals surface area contributed by atoms with Crippen molar-refractivity contribution in [3.05, 3.63) is 65.7 Å². The van der Waals surface area contributed by atoms with Gasteiger partial charge in [0.15, 0.2) is 0 Å². The Morgan fingerprint density at radius 2 is 1.61 bits per heavy atom. The van der Waals surface area contributed by atoms with Crippen LogP contribution in [0.25, 0.3) is 17.2 Å². The summed E-state index contributed by atoms with van der Waals surface area (Å²) >= 11 is 0. The Kier molecular flexibility index (Phi) is 3.88. The number of rotatable bonds is 3. The van der Waals surface area contributed by atoms with Gasteiger partial charge in [-0.1, -0.05) is 54.6 Å². The molecule has 2 aromatic carbocycles. The van der Waals surface area contributed by atoms with Gasteiger partial charge in [-0.2, -0.15) is 0 Å². The number of hydrogen-bond donors (Lipinski definition) is 0. The van der Waals surface area contributed by atoms with Gasteiger partial charge >= 0.3 is 0 Å². The summed E-state index contributed by atoms with van der Waals surface area (Å²) in [5.41, 5.74) is 4.25. The molecule has 0 saturated heterocycles. The first-order valence-electron chi connectivity index (χ1n) is 5.79. The standard InChI is InChI=1S/C16H14F2/c1-12-4-2-3-5-15(12)14-9-6-13(7-10-14)8-11-16(17)18/h2-11,16H,1H3. The van der Waals surface area contributed by atoms with Crippen LogP contribution in [0.4, 0.5) is 8.78 Å². The summed E-state index contributed by atoms with van der Waals surface area (Å²) in [6, 6.07) is 15.7. The fourth-order valence-electron chi connectivity index (χ4n) is 1.85. The topological polar surface area (TPSA) is 0 Å². The molecule has 0 radical (unpaired) electrons. The summed E-state index contributed by atoms with van der Waals surface area (Å²) in [5, 5.41) is 0. The Hall–Kier alpha value is -1.96. The van der Waals surface area contributed by atoms with E-state index in [1.54, 1.807) is 0 Å². The highest BCUT2D eigenvalue weighted by molar-refractivity contribution is 5.68. The predicted octanol–water partition coefficient (Wildman–Crippen LogP) is 4.94. The van der Waals surface area contributed by atoms with E-state index in [1.807, 2.05) is 36.4 Å². The molecular weight excluding hydrogens is 230 g/mol. The molecule has 18 heavy (non-hydrogen) atoms. The van der Waals surface area contributed by atoms with Crippen LogP contribution >= 0.6 is 0 Å². The third-order valence-electron chi connectivity index (χ3n) is 2.80. The molecule has 2 aromatic rings. The second kappa shape index (κ2) is 5.58. The monoisotopic (exact) mass is 244 g/mol. The van der Waals surface area contributed by atoms with Gasteiger partial charge in [-0.25, -0.2) is 8.78 Å². The van der Waals surface area contributed by atoms with E-state index in [1.165, 1.54) is 17.2 Å². The lowest BCUT2D eigenvalue weighted by molar-refractivity contribution is 0.205. The second-order valence-corrected chi connectivity index (χ2v) is 4.13. The third-order valence-corrected chi connectivity index (χ3v) is 2.80. The van der Waals surface area contributed by atoms with E-state index in [4.69, 9.17) is 0 Å². The van der Waals surface area contributed by atoms with Crippen molar-refractivity contribution in [3.8, 4) is 11.1 Å². The zero-order valence-electron chi connectivity index (χ0n) is 10.1. The van der Waals surface area contributed by atoms with Crippen LogP contribution in [-0.2, 0) is 0 Å². The number of halogens is 2. The molecule has 0 aliphatic carbocycles. The molecule has 92 valence electrons. The van der Waals surface area contributed by atoms with Crippen LogP contribution in [0.1, 0.15) is 11.1 Å². The SMILES string of the molecule is Cc1ccccc1-c1ccc(C=CC(F)F)cc1. The smallest absolute Gasteiger partial charge is 0.206 e. The van der Waals surface area contributed by atoms with Gasteiger partial charge in [-0.15, -0.1) is 0 Å². The van der Waals surface area contributed by atoms with Gasteiger partial charge in [0, 0.05) is 0 Å². The van der Waals surface area contributed by atoms with Gasteiger partial charge in [0.1, 0.15) is 0 Å². The van der Waals surface area contributed by atoms with Crippen LogP contribution in [0.15, 0.2) is 54.6 Å². The first kappa shape index (κ1) is 12.5. The predicted molar refractivity (Wildman–Crippen MR) is 71.7 cm³/mol.